The lowest BCUT2D eigenvalue weighted by atomic mass is 10.2. The fourth-order valence-corrected chi connectivity index (χ4v) is 1.56. The predicted molar refractivity (Wildman–Crippen MR) is 70.3 cm³/mol. The first-order valence-electron chi connectivity index (χ1n) is 6.08. The molecular formula is C13H21N3O. The summed E-state index contributed by atoms with van der Waals surface area (Å²) in [4.78, 5) is 17.9. The molecule has 1 aromatic heterocycles. The molecule has 0 unspecified atom stereocenters. The third-order valence-electron chi connectivity index (χ3n) is 2.72. The second-order valence-corrected chi connectivity index (χ2v) is 4.12. The molecule has 0 atom stereocenters. The number of amides is 1. The van der Waals surface area contributed by atoms with Crippen molar-refractivity contribution in [3.63, 3.8) is 0 Å². The first-order valence-corrected chi connectivity index (χ1v) is 6.08. The number of hydrogen-bond donors (Lipinski definition) is 1. The highest BCUT2D eigenvalue weighted by atomic mass is 16.2. The van der Waals surface area contributed by atoms with Crippen LogP contribution in [0.1, 0.15) is 36.7 Å². The number of carbonyl (C=O) groups excluding carboxylic acids is 1. The van der Waals surface area contributed by atoms with Gasteiger partial charge in [-0.05, 0) is 18.6 Å². The zero-order chi connectivity index (χ0) is 12.7. The maximum Gasteiger partial charge on any atom is 0.272 e. The molecule has 1 heterocycles. The van der Waals surface area contributed by atoms with Gasteiger partial charge < -0.3 is 10.2 Å². The summed E-state index contributed by atoms with van der Waals surface area (Å²) in [6, 6.07) is 3.62. The molecule has 1 rings (SSSR count). The highest BCUT2D eigenvalue weighted by Crippen LogP contribution is 2.07. The first kappa shape index (κ1) is 13.5. The highest BCUT2D eigenvalue weighted by molar-refractivity contribution is 5.92. The van der Waals surface area contributed by atoms with E-state index in [4.69, 9.17) is 0 Å². The molecule has 0 spiro atoms. The lowest BCUT2D eigenvalue weighted by Gasteiger charge is -2.16. The van der Waals surface area contributed by atoms with Crippen LogP contribution in [0.25, 0.3) is 0 Å². The quantitative estimate of drug-likeness (QED) is 0.770. The Morgan fingerprint density at radius 1 is 1.41 bits per heavy atom. The fraction of sp³-hybridized carbons (Fsp3) is 0.538. The van der Waals surface area contributed by atoms with E-state index in [-0.39, 0.29) is 5.91 Å². The molecule has 0 aliphatic carbocycles. The van der Waals surface area contributed by atoms with Crippen LogP contribution in [0.3, 0.4) is 0 Å². The number of nitrogens with zero attached hydrogens (tertiary/aromatic N) is 2. The maximum absolute atomic E-state index is 12.0. The summed E-state index contributed by atoms with van der Waals surface area (Å²) in [5.41, 5.74) is 1.41. The van der Waals surface area contributed by atoms with E-state index >= 15 is 0 Å². The number of anilines is 1. The molecule has 1 aromatic rings. The van der Waals surface area contributed by atoms with Crippen LogP contribution in [0.4, 0.5) is 5.69 Å². The molecule has 4 heteroatoms. The summed E-state index contributed by atoms with van der Waals surface area (Å²) >= 11 is 0. The number of hydrogen-bond acceptors (Lipinski definition) is 3. The number of rotatable bonds is 6. The molecule has 94 valence electrons. The SMILES string of the molecule is CCCCCN(C)C(=O)c1ccc(NC)cn1. The number of aromatic nitrogens is 1. The van der Waals surface area contributed by atoms with Gasteiger partial charge in [0.1, 0.15) is 5.69 Å². The van der Waals surface area contributed by atoms with E-state index in [9.17, 15) is 4.79 Å². The second kappa shape index (κ2) is 6.89. The summed E-state index contributed by atoms with van der Waals surface area (Å²) in [5.74, 6) is -0.0104. The number of carbonyl (C=O) groups is 1. The number of pyridine rings is 1. The van der Waals surface area contributed by atoms with Crippen LogP contribution in [0.2, 0.25) is 0 Å². The normalized spacial score (nSPS) is 10.1. The lowest BCUT2D eigenvalue weighted by Crippen LogP contribution is -2.28. The van der Waals surface area contributed by atoms with Crippen molar-refractivity contribution in [2.75, 3.05) is 26.0 Å². The second-order valence-electron chi connectivity index (χ2n) is 4.12. The van der Waals surface area contributed by atoms with E-state index < -0.39 is 0 Å². The highest BCUT2D eigenvalue weighted by Gasteiger charge is 2.12. The largest absolute Gasteiger partial charge is 0.387 e. The van der Waals surface area contributed by atoms with Gasteiger partial charge in [-0.15, -0.1) is 0 Å². The van der Waals surface area contributed by atoms with Crippen molar-refractivity contribution in [2.24, 2.45) is 0 Å². The molecular weight excluding hydrogens is 214 g/mol. The van der Waals surface area contributed by atoms with Crippen molar-refractivity contribution in [1.82, 2.24) is 9.88 Å². The standard InChI is InChI=1S/C13H21N3O/c1-4-5-6-9-16(3)13(17)12-8-7-11(14-2)10-15-12/h7-8,10,14H,4-6,9H2,1-3H3. The van der Waals surface area contributed by atoms with Crippen molar-refractivity contribution in [3.8, 4) is 0 Å². The molecule has 0 saturated heterocycles. The molecule has 0 fully saturated rings. The minimum Gasteiger partial charge on any atom is -0.387 e. The zero-order valence-corrected chi connectivity index (χ0v) is 10.9. The van der Waals surface area contributed by atoms with Gasteiger partial charge in [-0.25, -0.2) is 4.98 Å². The summed E-state index contributed by atoms with van der Waals surface area (Å²) in [6.45, 7) is 2.95. The summed E-state index contributed by atoms with van der Waals surface area (Å²) in [7, 11) is 3.65. The minimum atomic E-state index is -0.0104. The average Bonchev–Trinajstić information content (AvgIpc) is 2.38. The van der Waals surface area contributed by atoms with Crippen molar-refractivity contribution >= 4 is 11.6 Å². The number of unbranched alkanes of at least 4 members (excludes halogenated alkanes) is 2. The van der Waals surface area contributed by atoms with Gasteiger partial charge in [-0.1, -0.05) is 19.8 Å². The maximum atomic E-state index is 12.0. The molecule has 1 amide bonds. The Bertz CT molecular complexity index is 348. The van der Waals surface area contributed by atoms with Gasteiger partial charge in [0.15, 0.2) is 0 Å². The van der Waals surface area contributed by atoms with Crippen molar-refractivity contribution in [1.29, 1.82) is 0 Å². The Labute approximate surface area is 103 Å². The topological polar surface area (TPSA) is 45.2 Å². The summed E-state index contributed by atoms with van der Waals surface area (Å²) < 4.78 is 0. The Kier molecular flexibility index (Phi) is 5.46. The van der Waals surface area contributed by atoms with E-state index in [1.165, 1.54) is 0 Å². The summed E-state index contributed by atoms with van der Waals surface area (Å²) in [6.07, 6.45) is 5.04. The number of nitrogens with one attached hydrogen (secondary N) is 1. The molecule has 0 aromatic carbocycles. The third kappa shape index (κ3) is 4.06. The summed E-state index contributed by atoms with van der Waals surface area (Å²) in [5, 5.41) is 2.98. The molecule has 0 aliphatic rings. The van der Waals surface area contributed by atoms with Crippen LogP contribution in [-0.2, 0) is 0 Å². The third-order valence-corrected chi connectivity index (χ3v) is 2.72. The predicted octanol–water partition coefficient (Wildman–Crippen LogP) is 2.39. The van der Waals surface area contributed by atoms with E-state index in [1.807, 2.05) is 20.2 Å². The van der Waals surface area contributed by atoms with Crippen molar-refractivity contribution in [3.05, 3.63) is 24.0 Å². The fourth-order valence-electron chi connectivity index (χ4n) is 1.56. The zero-order valence-electron chi connectivity index (χ0n) is 10.9. The smallest absolute Gasteiger partial charge is 0.272 e. The van der Waals surface area contributed by atoms with Gasteiger partial charge in [0.25, 0.3) is 5.91 Å². The van der Waals surface area contributed by atoms with Gasteiger partial charge in [-0.3, -0.25) is 4.79 Å². The Morgan fingerprint density at radius 3 is 2.71 bits per heavy atom. The van der Waals surface area contributed by atoms with Gasteiger partial charge in [0.2, 0.25) is 0 Å². The van der Waals surface area contributed by atoms with Crippen LogP contribution in [0, 0.1) is 0 Å². The van der Waals surface area contributed by atoms with Crippen molar-refractivity contribution in [2.45, 2.75) is 26.2 Å². The van der Waals surface area contributed by atoms with Crippen LogP contribution in [-0.4, -0.2) is 36.4 Å². The van der Waals surface area contributed by atoms with Crippen LogP contribution < -0.4 is 5.32 Å². The van der Waals surface area contributed by atoms with E-state index in [2.05, 4.69) is 17.2 Å². The Balaban J connectivity index is 2.55. The van der Waals surface area contributed by atoms with Gasteiger partial charge in [0.05, 0.1) is 11.9 Å². The molecule has 0 bridgehead atoms. The average molecular weight is 235 g/mol. The molecule has 4 nitrogen and oxygen atoms in total. The minimum absolute atomic E-state index is 0.0104. The molecule has 0 radical (unpaired) electrons. The molecule has 17 heavy (non-hydrogen) atoms. The van der Waals surface area contributed by atoms with E-state index in [1.54, 1.807) is 17.2 Å². The van der Waals surface area contributed by atoms with E-state index in [0.717, 1.165) is 31.5 Å². The van der Waals surface area contributed by atoms with Gasteiger partial charge in [-0.2, -0.15) is 0 Å². The molecule has 1 N–H and O–H groups in total. The molecule has 0 saturated carbocycles. The lowest BCUT2D eigenvalue weighted by molar-refractivity contribution is 0.0787. The van der Waals surface area contributed by atoms with Crippen LogP contribution >= 0.6 is 0 Å². The molecule has 0 aliphatic heterocycles. The Hall–Kier alpha value is -1.58. The monoisotopic (exact) mass is 235 g/mol. The van der Waals surface area contributed by atoms with Crippen molar-refractivity contribution < 1.29 is 4.79 Å². The van der Waals surface area contributed by atoms with Gasteiger partial charge >= 0.3 is 0 Å². The van der Waals surface area contributed by atoms with Crippen LogP contribution in [0.5, 0.6) is 0 Å². The van der Waals surface area contributed by atoms with E-state index in [0.29, 0.717) is 5.69 Å². The first-order chi connectivity index (χ1) is 8.19. The van der Waals surface area contributed by atoms with Gasteiger partial charge in [0, 0.05) is 20.6 Å². The van der Waals surface area contributed by atoms with Crippen LogP contribution in [0.15, 0.2) is 18.3 Å². The Morgan fingerprint density at radius 2 is 2.18 bits per heavy atom.